The van der Waals surface area contributed by atoms with Gasteiger partial charge in [0.2, 0.25) is 0 Å². The standard InChI is InChI=1S/C11H10N2O4/c14-7-3-1-2-6(4-7)5-8-9(10(15)16)13-11(17)12-8/h1-4,14H,5H2,(H,15,16)(H2,12,13,17). The number of hydrogen-bond acceptors (Lipinski definition) is 3. The van der Waals surface area contributed by atoms with Gasteiger partial charge in [-0.05, 0) is 17.7 Å². The van der Waals surface area contributed by atoms with E-state index in [9.17, 15) is 14.7 Å². The van der Waals surface area contributed by atoms with Crippen molar-refractivity contribution < 1.29 is 15.0 Å². The van der Waals surface area contributed by atoms with E-state index in [1.54, 1.807) is 12.1 Å². The van der Waals surface area contributed by atoms with Gasteiger partial charge in [0.05, 0.1) is 5.69 Å². The summed E-state index contributed by atoms with van der Waals surface area (Å²) in [7, 11) is 0. The van der Waals surface area contributed by atoms with Crippen molar-refractivity contribution in [2.45, 2.75) is 6.42 Å². The molecule has 0 fully saturated rings. The zero-order valence-corrected chi connectivity index (χ0v) is 8.73. The Bertz CT molecular complexity index is 612. The van der Waals surface area contributed by atoms with Crippen LogP contribution in [0.2, 0.25) is 0 Å². The Kier molecular flexibility index (Phi) is 2.70. The fourth-order valence-electron chi connectivity index (χ4n) is 1.61. The van der Waals surface area contributed by atoms with Gasteiger partial charge < -0.3 is 15.2 Å². The summed E-state index contributed by atoms with van der Waals surface area (Å²) in [5.74, 6) is -1.10. The number of carbonyl (C=O) groups is 1. The van der Waals surface area contributed by atoms with Gasteiger partial charge in [-0.25, -0.2) is 9.59 Å². The number of imidazole rings is 1. The summed E-state index contributed by atoms with van der Waals surface area (Å²) in [5, 5.41) is 18.2. The lowest BCUT2D eigenvalue weighted by molar-refractivity contribution is 0.0690. The molecule has 0 aliphatic carbocycles. The number of aromatic amines is 2. The molecule has 1 heterocycles. The number of aromatic nitrogens is 2. The molecule has 1 aromatic heterocycles. The molecule has 0 saturated carbocycles. The second-order valence-corrected chi connectivity index (χ2v) is 3.58. The normalized spacial score (nSPS) is 10.4. The lowest BCUT2D eigenvalue weighted by Crippen LogP contribution is -2.04. The van der Waals surface area contributed by atoms with Crippen molar-refractivity contribution in [2.24, 2.45) is 0 Å². The molecule has 0 radical (unpaired) electrons. The van der Waals surface area contributed by atoms with Gasteiger partial charge in [-0.3, -0.25) is 4.98 Å². The Balaban J connectivity index is 2.36. The fraction of sp³-hybridized carbons (Fsp3) is 0.0909. The fourth-order valence-corrected chi connectivity index (χ4v) is 1.61. The van der Waals surface area contributed by atoms with Crippen LogP contribution >= 0.6 is 0 Å². The number of aromatic hydroxyl groups is 1. The molecule has 88 valence electrons. The summed E-state index contributed by atoms with van der Waals surface area (Å²) >= 11 is 0. The maximum atomic E-state index is 11.0. The molecule has 0 saturated heterocycles. The van der Waals surface area contributed by atoms with Crippen molar-refractivity contribution in [3.05, 3.63) is 51.7 Å². The van der Waals surface area contributed by atoms with Crippen LogP contribution in [0.4, 0.5) is 0 Å². The first kappa shape index (κ1) is 11.0. The van der Waals surface area contributed by atoms with E-state index >= 15 is 0 Å². The molecule has 6 heteroatoms. The summed E-state index contributed by atoms with van der Waals surface area (Å²) < 4.78 is 0. The maximum Gasteiger partial charge on any atom is 0.354 e. The number of rotatable bonds is 3. The summed E-state index contributed by atoms with van der Waals surface area (Å²) in [6.45, 7) is 0. The predicted octanol–water partition coefficient (Wildman–Crippen LogP) is 0.698. The van der Waals surface area contributed by atoms with Crippen molar-refractivity contribution in [3.8, 4) is 5.75 Å². The van der Waals surface area contributed by atoms with Crippen LogP contribution in [-0.2, 0) is 6.42 Å². The first-order valence-corrected chi connectivity index (χ1v) is 4.88. The van der Waals surface area contributed by atoms with Crippen LogP contribution in [0.5, 0.6) is 5.75 Å². The van der Waals surface area contributed by atoms with E-state index in [1.807, 2.05) is 0 Å². The monoisotopic (exact) mass is 234 g/mol. The van der Waals surface area contributed by atoms with E-state index in [2.05, 4.69) is 9.97 Å². The molecular formula is C11H10N2O4. The quantitative estimate of drug-likeness (QED) is 0.627. The summed E-state index contributed by atoms with van der Waals surface area (Å²) in [6, 6.07) is 6.41. The third-order valence-electron chi connectivity index (χ3n) is 2.31. The molecule has 0 bridgehead atoms. The Morgan fingerprint density at radius 3 is 2.71 bits per heavy atom. The van der Waals surface area contributed by atoms with Gasteiger partial charge >= 0.3 is 11.7 Å². The largest absolute Gasteiger partial charge is 0.508 e. The van der Waals surface area contributed by atoms with Gasteiger partial charge in [0.25, 0.3) is 0 Å². The number of phenols is 1. The number of aromatic carboxylic acids is 1. The summed E-state index contributed by atoms with van der Waals surface area (Å²) in [6.07, 6.45) is 0.231. The second kappa shape index (κ2) is 4.17. The number of benzene rings is 1. The van der Waals surface area contributed by atoms with Crippen LogP contribution in [-0.4, -0.2) is 26.2 Å². The average molecular weight is 234 g/mol. The number of hydrogen-bond donors (Lipinski definition) is 4. The van der Waals surface area contributed by atoms with Crippen molar-refractivity contribution in [1.29, 1.82) is 0 Å². The van der Waals surface area contributed by atoms with Crippen molar-refractivity contribution in [1.82, 2.24) is 9.97 Å². The van der Waals surface area contributed by atoms with Crippen LogP contribution in [0, 0.1) is 0 Å². The third-order valence-corrected chi connectivity index (χ3v) is 2.31. The van der Waals surface area contributed by atoms with Crippen LogP contribution in [0.1, 0.15) is 21.7 Å². The van der Waals surface area contributed by atoms with Crippen molar-refractivity contribution >= 4 is 5.97 Å². The highest BCUT2D eigenvalue weighted by Crippen LogP contribution is 2.15. The highest BCUT2D eigenvalue weighted by Gasteiger charge is 2.14. The molecule has 17 heavy (non-hydrogen) atoms. The molecular weight excluding hydrogens is 224 g/mol. The summed E-state index contributed by atoms with van der Waals surface area (Å²) in [5.41, 5.74) is 0.284. The molecule has 0 amide bonds. The number of carboxylic acid groups (broad SMARTS) is 1. The van der Waals surface area contributed by atoms with Crippen LogP contribution in [0.25, 0.3) is 0 Å². The second-order valence-electron chi connectivity index (χ2n) is 3.58. The molecule has 0 spiro atoms. The molecule has 6 nitrogen and oxygen atoms in total. The minimum atomic E-state index is -1.20. The molecule has 1 aromatic carbocycles. The van der Waals surface area contributed by atoms with E-state index < -0.39 is 11.7 Å². The molecule has 4 N–H and O–H groups in total. The van der Waals surface area contributed by atoms with E-state index in [-0.39, 0.29) is 23.6 Å². The molecule has 0 unspecified atom stereocenters. The van der Waals surface area contributed by atoms with Crippen LogP contribution in [0.15, 0.2) is 29.1 Å². The molecule has 0 aliphatic heterocycles. The zero-order chi connectivity index (χ0) is 12.4. The SMILES string of the molecule is O=C(O)c1[nH]c(=O)[nH]c1Cc1cccc(O)c1. The Morgan fingerprint density at radius 2 is 2.06 bits per heavy atom. The third kappa shape index (κ3) is 2.36. The van der Waals surface area contributed by atoms with E-state index in [4.69, 9.17) is 5.11 Å². The number of H-pyrrole nitrogens is 2. The highest BCUT2D eigenvalue weighted by atomic mass is 16.4. The number of nitrogens with one attached hydrogen (secondary N) is 2. The minimum Gasteiger partial charge on any atom is -0.508 e. The lowest BCUT2D eigenvalue weighted by atomic mass is 10.1. The molecule has 2 rings (SSSR count). The van der Waals surface area contributed by atoms with Crippen molar-refractivity contribution in [2.75, 3.05) is 0 Å². The van der Waals surface area contributed by atoms with Crippen LogP contribution in [0.3, 0.4) is 0 Å². The van der Waals surface area contributed by atoms with Gasteiger partial charge in [-0.15, -0.1) is 0 Å². The van der Waals surface area contributed by atoms with E-state index in [0.717, 1.165) is 0 Å². The molecule has 2 aromatic rings. The lowest BCUT2D eigenvalue weighted by Gasteiger charge is -2.01. The maximum absolute atomic E-state index is 11.0. The van der Waals surface area contributed by atoms with Gasteiger partial charge in [0, 0.05) is 6.42 Å². The van der Waals surface area contributed by atoms with Gasteiger partial charge in [-0.1, -0.05) is 12.1 Å². The topological polar surface area (TPSA) is 106 Å². The first-order chi connectivity index (χ1) is 8.06. The smallest absolute Gasteiger partial charge is 0.354 e. The number of phenolic OH excluding ortho intramolecular Hbond substituents is 1. The van der Waals surface area contributed by atoms with Crippen LogP contribution < -0.4 is 5.69 Å². The minimum absolute atomic E-state index is 0.0947. The molecule has 0 atom stereocenters. The molecule has 0 aliphatic rings. The van der Waals surface area contributed by atoms with Crippen molar-refractivity contribution in [3.63, 3.8) is 0 Å². The Morgan fingerprint density at radius 1 is 1.29 bits per heavy atom. The zero-order valence-electron chi connectivity index (χ0n) is 8.73. The Hall–Kier alpha value is -2.50. The number of carboxylic acids is 1. The van der Waals surface area contributed by atoms with Gasteiger partial charge in [0.1, 0.15) is 11.4 Å². The predicted molar refractivity (Wildman–Crippen MR) is 59.3 cm³/mol. The van der Waals surface area contributed by atoms with E-state index in [0.29, 0.717) is 5.56 Å². The van der Waals surface area contributed by atoms with E-state index in [1.165, 1.54) is 12.1 Å². The Labute approximate surface area is 95.6 Å². The first-order valence-electron chi connectivity index (χ1n) is 4.88. The average Bonchev–Trinajstić information content (AvgIpc) is 2.59. The highest BCUT2D eigenvalue weighted by molar-refractivity contribution is 5.86. The summed E-state index contributed by atoms with van der Waals surface area (Å²) in [4.78, 5) is 26.5. The van der Waals surface area contributed by atoms with Gasteiger partial charge in [0.15, 0.2) is 0 Å². The van der Waals surface area contributed by atoms with Gasteiger partial charge in [-0.2, -0.15) is 0 Å².